The van der Waals surface area contributed by atoms with E-state index in [9.17, 15) is 9.59 Å². The van der Waals surface area contributed by atoms with Crippen molar-refractivity contribution >= 4 is 33.6 Å². The van der Waals surface area contributed by atoms with Crippen LogP contribution < -0.4 is 10.2 Å². The Balaban J connectivity index is 1.32. The minimum absolute atomic E-state index is 0.0333. The highest BCUT2D eigenvalue weighted by molar-refractivity contribution is 9.10. The number of halogens is 1. The van der Waals surface area contributed by atoms with Gasteiger partial charge in [0.25, 0.3) is 0 Å². The quantitative estimate of drug-likeness (QED) is 0.740. The molecule has 0 spiro atoms. The van der Waals surface area contributed by atoms with Crippen molar-refractivity contribution in [3.05, 3.63) is 28.7 Å². The number of morpholine rings is 1. The molecule has 1 aromatic carbocycles. The summed E-state index contributed by atoms with van der Waals surface area (Å²) in [6.07, 6.45) is 0.807. The highest BCUT2D eigenvalue weighted by Gasteiger charge is 2.37. The molecule has 4 rings (SSSR count). The number of hydrogen-bond acceptors (Lipinski definition) is 4. The molecule has 8 heteroatoms. The van der Waals surface area contributed by atoms with E-state index in [1.54, 1.807) is 0 Å². The SMILES string of the molecule is O=C1CO[C@H]2CCN(C(=O)N3CCN(c4ccc(Br)cc4)CC3)CC2N1. The van der Waals surface area contributed by atoms with Crippen LogP contribution in [0.3, 0.4) is 0 Å². The van der Waals surface area contributed by atoms with Crippen LogP contribution in [0.2, 0.25) is 0 Å². The summed E-state index contributed by atoms with van der Waals surface area (Å²) in [6.45, 7) is 4.42. The molecular formula is C18H23BrN4O3. The van der Waals surface area contributed by atoms with Gasteiger partial charge in [-0.1, -0.05) is 15.9 Å². The number of likely N-dealkylation sites (tertiary alicyclic amines) is 1. The smallest absolute Gasteiger partial charge is 0.320 e. The lowest BCUT2D eigenvalue weighted by molar-refractivity contribution is -0.139. The molecule has 3 fully saturated rings. The molecule has 0 aliphatic carbocycles. The Labute approximate surface area is 161 Å². The Hall–Kier alpha value is -1.80. The number of piperidine rings is 1. The predicted octanol–water partition coefficient (Wildman–Crippen LogP) is 1.28. The Bertz CT molecular complexity index is 676. The molecule has 26 heavy (non-hydrogen) atoms. The van der Waals surface area contributed by atoms with Crippen molar-refractivity contribution in [2.75, 3.05) is 50.8 Å². The molecule has 1 unspecified atom stereocenters. The molecule has 7 nitrogen and oxygen atoms in total. The molecular weight excluding hydrogens is 400 g/mol. The summed E-state index contributed by atoms with van der Waals surface area (Å²) < 4.78 is 6.63. The van der Waals surface area contributed by atoms with Crippen molar-refractivity contribution in [2.45, 2.75) is 18.6 Å². The van der Waals surface area contributed by atoms with Crippen LogP contribution in [0.1, 0.15) is 6.42 Å². The van der Waals surface area contributed by atoms with E-state index in [1.165, 1.54) is 5.69 Å². The summed E-state index contributed by atoms with van der Waals surface area (Å²) in [6, 6.07) is 8.25. The Morgan fingerprint density at radius 2 is 1.81 bits per heavy atom. The van der Waals surface area contributed by atoms with Crippen LogP contribution in [0.5, 0.6) is 0 Å². The van der Waals surface area contributed by atoms with Gasteiger partial charge in [-0.25, -0.2) is 4.79 Å². The summed E-state index contributed by atoms with van der Waals surface area (Å²) in [7, 11) is 0. The summed E-state index contributed by atoms with van der Waals surface area (Å²) in [5.74, 6) is -0.0938. The standard InChI is InChI=1S/C18H23BrN4O3/c19-13-1-3-14(4-2-13)21-7-9-22(10-8-21)18(25)23-6-5-16-15(11-23)20-17(24)12-26-16/h1-4,15-16H,5-12H2,(H,20,24)/t15?,16-/m0/s1. The van der Waals surface area contributed by atoms with Crippen molar-refractivity contribution < 1.29 is 14.3 Å². The predicted molar refractivity (Wildman–Crippen MR) is 101 cm³/mol. The molecule has 3 aliphatic rings. The van der Waals surface area contributed by atoms with Crippen LogP contribution >= 0.6 is 15.9 Å². The largest absolute Gasteiger partial charge is 0.368 e. The second-order valence-corrected chi connectivity index (χ2v) is 7.91. The summed E-state index contributed by atoms with van der Waals surface area (Å²) >= 11 is 3.46. The van der Waals surface area contributed by atoms with Crippen LogP contribution in [0.25, 0.3) is 0 Å². The van der Waals surface area contributed by atoms with Crippen LogP contribution in [0, 0.1) is 0 Å². The van der Waals surface area contributed by atoms with E-state index in [0.29, 0.717) is 26.2 Å². The first kappa shape index (κ1) is 17.6. The maximum atomic E-state index is 12.9. The van der Waals surface area contributed by atoms with Crippen LogP contribution in [0.15, 0.2) is 28.7 Å². The number of fused-ring (bicyclic) bond motifs is 1. The molecule has 0 aromatic heterocycles. The summed E-state index contributed by atoms with van der Waals surface area (Å²) in [4.78, 5) is 30.5. The van der Waals surface area contributed by atoms with Crippen LogP contribution in [-0.4, -0.2) is 79.8 Å². The molecule has 0 saturated carbocycles. The summed E-state index contributed by atoms with van der Waals surface area (Å²) in [5, 5.41) is 2.95. The van der Waals surface area contributed by atoms with E-state index in [-0.39, 0.29) is 30.7 Å². The third-order valence-electron chi connectivity index (χ3n) is 5.34. The second kappa shape index (κ2) is 7.44. The number of ether oxygens (including phenoxy) is 1. The third kappa shape index (κ3) is 3.66. The van der Waals surface area contributed by atoms with E-state index in [4.69, 9.17) is 4.74 Å². The third-order valence-corrected chi connectivity index (χ3v) is 5.87. The molecule has 2 atom stereocenters. The molecule has 1 N–H and O–H groups in total. The zero-order chi connectivity index (χ0) is 18.1. The Morgan fingerprint density at radius 1 is 1.08 bits per heavy atom. The number of amides is 3. The average Bonchev–Trinajstić information content (AvgIpc) is 2.67. The number of piperazine rings is 1. The van der Waals surface area contributed by atoms with Gasteiger partial charge in [0.05, 0.1) is 12.1 Å². The number of carbonyl (C=O) groups excluding carboxylic acids is 2. The number of nitrogens with one attached hydrogen (secondary N) is 1. The minimum atomic E-state index is -0.0938. The van der Waals surface area contributed by atoms with Gasteiger partial charge in [-0.2, -0.15) is 0 Å². The molecule has 3 aliphatic heterocycles. The maximum Gasteiger partial charge on any atom is 0.320 e. The van der Waals surface area contributed by atoms with Crippen molar-refractivity contribution in [3.63, 3.8) is 0 Å². The lowest BCUT2D eigenvalue weighted by Crippen LogP contribution is -2.63. The number of carbonyl (C=O) groups is 2. The van der Waals surface area contributed by atoms with Crippen LogP contribution in [-0.2, 0) is 9.53 Å². The van der Waals surface area contributed by atoms with E-state index in [0.717, 1.165) is 24.0 Å². The van der Waals surface area contributed by atoms with Gasteiger partial charge in [0.2, 0.25) is 5.91 Å². The number of urea groups is 1. The molecule has 3 amide bonds. The first-order valence-corrected chi connectivity index (χ1v) is 9.85. The summed E-state index contributed by atoms with van der Waals surface area (Å²) in [5.41, 5.74) is 1.18. The van der Waals surface area contributed by atoms with Crippen LogP contribution in [0.4, 0.5) is 10.5 Å². The first-order valence-electron chi connectivity index (χ1n) is 9.05. The highest BCUT2D eigenvalue weighted by Crippen LogP contribution is 2.22. The second-order valence-electron chi connectivity index (χ2n) is 6.99. The van der Waals surface area contributed by atoms with Gasteiger partial charge in [-0.05, 0) is 30.7 Å². The monoisotopic (exact) mass is 422 g/mol. The van der Waals surface area contributed by atoms with E-state index in [1.807, 2.05) is 21.9 Å². The Morgan fingerprint density at radius 3 is 2.54 bits per heavy atom. The average molecular weight is 423 g/mol. The van der Waals surface area contributed by atoms with Crippen molar-refractivity contribution in [1.29, 1.82) is 0 Å². The molecule has 3 heterocycles. The van der Waals surface area contributed by atoms with Crippen molar-refractivity contribution in [2.24, 2.45) is 0 Å². The molecule has 3 saturated heterocycles. The highest BCUT2D eigenvalue weighted by atomic mass is 79.9. The lowest BCUT2D eigenvalue weighted by atomic mass is 10.0. The molecule has 0 radical (unpaired) electrons. The minimum Gasteiger partial charge on any atom is -0.368 e. The number of benzene rings is 1. The van der Waals surface area contributed by atoms with Gasteiger partial charge in [0.15, 0.2) is 0 Å². The lowest BCUT2D eigenvalue weighted by Gasteiger charge is -2.44. The number of rotatable bonds is 1. The van der Waals surface area contributed by atoms with Gasteiger partial charge in [-0.15, -0.1) is 0 Å². The van der Waals surface area contributed by atoms with Gasteiger partial charge >= 0.3 is 6.03 Å². The zero-order valence-electron chi connectivity index (χ0n) is 14.6. The topological polar surface area (TPSA) is 65.1 Å². The first-order chi connectivity index (χ1) is 12.6. The fraction of sp³-hybridized carbons (Fsp3) is 0.556. The number of nitrogens with zero attached hydrogens (tertiary/aromatic N) is 3. The molecule has 140 valence electrons. The van der Waals surface area contributed by atoms with Crippen molar-refractivity contribution in [3.8, 4) is 0 Å². The molecule has 1 aromatic rings. The molecule has 0 bridgehead atoms. The van der Waals surface area contributed by atoms with Gasteiger partial charge < -0.3 is 24.8 Å². The van der Waals surface area contributed by atoms with E-state index < -0.39 is 0 Å². The normalized spacial score (nSPS) is 26.3. The number of hydrogen-bond donors (Lipinski definition) is 1. The van der Waals surface area contributed by atoms with Gasteiger partial charge in [0, 0.05) is 49.4 Å². The fourth-order valence-electron chi connectivity index (χ4n) is 3.88. The van der Waals surface area contributed by atoms with E-state index in [2.05, 4.69) is 38.3 Å². The van der Waals surface area contributed by atoms with Gasteiger partial charge in [-0.3, -0.25) is 4.79 Å². The Kier molecular flexibility index (Phi) is 5.04. The van der Waals surface area contributed by atoms with Crippen molar-refractivity contribution in [1.82, 2.24) is 15.1 Å². The fourth-order valence-corrected chi connectivity index (χ4v) is 4.15. The zero-order valence-corrected chi connectivity index (χ0v) is 16.2. The van der Waals surface area contributed by atoms with E-state index >= 15 is 0 Å². The number of anilines is 1. The van der Waals surface area contributed by atoms with Gasteiger partial charge in [0.1, 0.15) is 6.61 Å². The maximum absolute atomic E-state index is 12.9.